The highest BCUT2D eigenvalue weighted by Crippen LogP contribution is 2.04. The first-order valence-corrected chi connectivity index (χ1v) is 4.74. The van der Waals surface area contributed by atoms with Gasteiger partial charge >= 0.3 is 0 Å². The van der Waals surface area contributed by atoms with Gasteiger partial charge in [0.25, 0.3) is 0 Å². The molecule has 0 aromatic rings. The highest BCUT2D eigenvalue weighted by Gasteiger charge is 2.05. The lowest BCUT2D eigenvalue weighted by atomic mass is 10.1. The second-order valence-corrected chi connectivity index (χ2v) is 4.13. The summed E-state index contributed by atoms with van der Waals surface area (Å²) in [5.41, 5.74) is 0. The van der Waals surface area contributed by atoms with Gasteiger partial charge in [-0.3, -0.25) is 0 Å². The third kappa shape index (κ3) is 6.36. The molecule has 0 aliphatic heterocycles. The van der Waals surface area contributed by atoms with Crippen molar-refractivity contribution >= 4 is 0 Å². The maximum Gasteiger partial charge on any atom is 0.000398 e. The summed E-state index contributed by atoms with van der Waals surface area (Å²) in [4.78, 5) is 2.43. The number of nitrogens with zero attached hydrogens (tertiary/aromatic N) is 1. The molecule has 0 unspecified atom stereocenters. The second kappa shape index (κ2) is 5.59. The van der Waals surface area contributed by atoms with Crippen molar-refractivity contribution in [2.75, 3.05) is 20.1 Å². The molecule has 1 nitrogen and oxygen atoms in total. The van der Waals surface area contributed by atoms with Gasteiger partial charge in [-0.1, -0.05) is 34.1 Å². The fourth-order valence-electron chi connectivity index (χ4n) is 1.36. The first-order valence-electron chi connectivity index (χ1n) is 4.74. The average Bonchev–Trinajstić information content (AvgIpc) is 1.85. The smallest absolute Gasteiger partial charge is 0.000398 e. The molecule has 0 aromatic carbocycles. The van der Waals surface area contributed by atoms with E-state index in [0.29, 0.717) is 0 Å². The largest absolute Gasteiger partial charge is 0.306 e. The van der Waals surface area contributed by atoms with Crippen LogP contribution in [0, 0.1) is 11.8 Å². The van der Waals surface area contributed by atoms with E-state index in [1.165, 1.54) is 19.5 Å². The van der Waals surface area contributed by atoms with Crippen LogP contribution in [-0.4, -0.2) is 25.0 Å². The SMILES string of the molecule is CC[C@@H](C)CN(C)CC(C)C. The van der Waals surface area contributed by atoms with Crippen LogP contribution < -0.4 is 0 Å². The predicted molar refractivity (Wildman–Crippen MR) is 51.8 cm³/mol. The van der Waals surface area contributed by atoms with E-state index in [4.69, 9.17) is 0 Å². The van der Waals surface area contributed by atoms with Crippen molar-refractivity contribution in [3.8, 4) is 0 Å². The molecule has 0 radical (unpaired) electrons. The normalized spacial score (nSPS) is 14.5. The van der Waals surface area contributed by atoms with Crippen molar-refractivity contribution in [3.63, 3.8) is 0 Å². The van der Waals surface area contributed by atoms with Crippen molar-refractivity contribution in [2.24, 2.45) is 11.8 Å². The molecule has 0 aromatic heterocycles. The molecule has 1 atom stereocenters. The topological polar surface area (TPSA) is 3.24 Å². The summed E-state index contributed by atoms with van der Waals surface area (Å²) in [5, 5.41) is 0. The van der Waals surface area contributed by atoms with Crippen LogP contribution in [0.15, 0.2) is 0 Å². The quantitative estimate of drug-likeness (QED) is 0.593. The summed E-state index contributed by atoms with van der Waals surface area (Å²) < 4.78 is 0. The van der Waals surface area contributed by atoms with E-state index in [2.05, 4.69) is 39.6 Å². The molecule has 1 heteroatoms. The summed E-state index contributed by atoms with van der Waals surface area (Å²) in [5.74, 6) is 1.64. The van der Waals surface area contributed by atoms with Gasteiger partial charge in [0.15, 0.2) is 0 Å². The zero-order chi connectivity index (χ0) is 8.85. The number of hydrogen-bond acceptors (Lipinski definition) is 1. The van der Waals surface area contributed by atoms with E-state index in [9.17, 15) is 0 Å². The third-order valence-corrected chi connectivity index (χ3v) is 2.00. The number of rotatable bonds is 5. The Labute approximate surface area is 71.8 Å². The Hall–Kier alpha value is -0.0400. The molecule has 11 heavy (non-hydrogen) atoms. The molecule has 0 rings (SSSR count). The molecule has 0 heterocycles. The minimum absolute atomic E-state index is 0.795. The molecule has 0 aliphatic rings. The molecule has 0 spiro atoms. The standard InChI is InChI=1S/C10H23N/c1-6-10(4)8-11(5)7-9(2)3/h9-10H,6-8H2,1-5H3/t10-/m1/s1. The molecule has 0 bridgehead atoms. The van der Waals surface area contributed by atoms with Crippen LogP contribution in [-0.2, 0) is 0 Å². The van der Waals surface area contributed by atoms with Crippen LogP contribution in [0.3, 0.4) is 0 Å². The van der Waals surface area contributed by atoms with Crippen molar-refractivity contribution in [2.45, 2.75) is 34.1 Å². The molecule has 0 saturated carbocycles. The average molecular weight is 157 g/mol. The second-order valence-electron chi connectivity index (χ2n) is 4.13. The van der Waals surface area contributed by atoms with Crippen LogP contribution in [0.2, 0.25) is 0 Å². The fraction of sp³-hybridized carbons (Fsp3) is 1.00. The molecular weight excluding hydrogens is 134 g/mol. The van der Waals surface area contributed by atoms with Crippen molar-refractivity contribution in [1.82, 2.24) is 4.90 Å². The summed E-state index contributed by atoms with van der Waals surface area (Å²) in [7, 11) is 2.21. The minimum Gasteiger partial charge on any atom is -0.306 e. The Morgan fingerprint density at radius 3 is 2.00 bits per heavy atom. The summed E-state index contributed by atoms with van der Waals surface area (Å²) in [6.07, 6.45) is 1.29. The van der Waals surface area contributed by atoms with Crippen LogP contribution in [0.1, 0.15) is 34.1 Å². The van der Waals surface area contributed by atoms with E-state index < -0.39 is 0 Å². The zero-order valence-electron chi connectivity index (χ0n) is 8.72. The number of hydrogen-bond donors (Lipinski definition) is 0. The monoisotopic (exact) mass is 157 g/mol. The third-order valence-electron chi connectivity index (χ3n) is 2.00. The first-order chi connectivity index (χ1) is 5.06. The lowest BCUT2D eigenvalue weighted by Crippen LogP contribution is -2.27. The predicted octanol–water partition coefficient (Wildman–Crippen LogP) is 2.62. The van der Waals surface area contributed by atoms with Gasteiger partial charge in [-0.05, 0) is 18.9 Å². The Bertz CT molecular complexity index is 88.9. The van der Waals surface area contributed by atoms with Crippen LogP contribution in [0.25, 0.3) is 0 Å². The van der Waals surface area contributed by atoms with E-state index >= 15 is 0 Å². The summed E-state index contributed by atoms with van der Waals surface area (Å²) in [6.45, 7) is 11.6. The molecular formula is C10H23N. The van der Waals surface area contributed by atoms with E-state index in [1.54, 1.807) is 0 Å². The van der Waals surface area contributed by atoms with Gasteiger partial charge in [-0.15, -0.1) is 0 Å². The van der Waals surface area contributed by atoms with Crippen LogP contribution in [0.4, 0.5) is 0 Å². The first kappa shape index (κ1) is 11.0. The van der Waals surface area contributed by atoms with Gasteiger partial charge in [0, 0.05) is 13.1 Å². The minimum atomic E-state index is 0.795. The Balaban J connectivity index is 3.43. The van der Waals surface area contributed by atoms with Crippen LogP contribution in [0.5, 0.6) is 0 Å². The molecule has 0 aliphatic carbocycles. The van der Waals surface area contributed by atoms with Gasteiger partial charge in [-0.2, -0.15) is 0 Å². The van der Waals surface area contributed by atoms with Gasteiger partial charge < -0.3 is 4.90 Å². The Kier molecular flexibility index (Phi) is 5.57. The Morgan fingerprint density at radius 2 is 1.64 bits per heavy atom. The van der Waals surface area contributed by atoms with Gasteiger partial charge in [-0.25, -0.2) is 0 Å². The molecule has 0 amide bonds. The summed E-state index contributed by atoms with van der Waals surface area (Å²) >= 11 is 0. The molecule has 0 fully saturated rings. The summed E-state index contributed by atoms with van der Waals surface area (Å²) in [6, 6.07) is 0. The van der Waals surface area contributed by atoms with E-state index in [1.807, 2.05) is 0 Å². The Morgan fingerprint density at radius 1 is 1.09 bits per heavy atom. The lowest BCUT2D eigenvalue weighted by molar-refractivity contribution is 0.255. The van der Waals surface area contributed by atoms with Crippen molar-refractivity contribution < 1.29 is 0 Å². The van der Waals surface area contributed by atoms with E-state index in [-0.39, 0.29) is 0 Å². The molecule has 0 saturated heterocycles. The molecule has 68 valence electrons. The van der Waals surface area contributed by atoms with Gasteiger partial charge in [0.2, 0.25) is 0 Å². The fourth-order valence-corrected chi connectivity index (χ4v) is 1.36. The molecule has 0 N–H and O–H groups in total. The maximum absolute atomic E-state index is 2.43. The highest BCUT2D eigenvalue weighted by atomic mass is 15.1. The maximum atomic E-state index is 2.43. The van der Waals surface area contributed by atoms with E-state index in [0.717, 1.165) is 11.8 Å². The van der Waals surface area contributed by atoms with Crippen LogP contribution >= 0.6 is 0 Å². The van der Waals surface area contributed by atoms with Crippen molar-refractivity contribution in [3.05, 3.63) is 0 Å². The van der Waals surface area contributed by atoms with Crippen molar-refractivity contribution in [1.29, 1.82) is 0 Å². The highest BCUT2D eigenvalue weighted by molar-refractivity contribution is 4.58. The lowest BCUT2D eigenvalue weighted by Gasteiger charge is -2.21. The van der Waals surface area contributed by atoms with Gasteiger partial charge in [0.05, 0.1) is 0 Å². The van der Waals surface area contributed by atoms with Gasteiger partial charge in [0.1, 0.15) is 0 Å². The zero-order valence-corrected chi connectivity index (χ0v) is 8.72.